The highest BCUT2D eigenvalue weighted by Crippen LogP contribution is 2.52. The fourth-order valence-corrected chi connectivity index (χ4v) is 2.03. The van der Waals surface area contributed by atoms with Crippen molar-refractivity contribution in [1.29, 1.82) is 0 Å². The molecule has 0 amide bonds. The Bertz CT molecular complexity index is 149. The molecular formula is C10H18O. The maximum absolute atomic E-state index is 8.98. The lowest BCUT2D eigenvalue weighted by Gasteiger charge is -2.51. The summed E-state index contributed by atoms with van der Waals surface area (Å²) in [4.78, 5) is 0. The third-order valence-corrected chi connectivity index (χ3v) is 3.35. The summed E-state index contributed by atoms with van der Waals surface area (Å²) in [5.74, 6) is 1.27. The normalized spacial score (nSPS) is 34.5. The quantitative estimate of drug-likeness (QED) is 0.618. The van der Waals surface area contributed by atoms with Gasteiger partial charge in [0, 0.05) is 6.61 Å². The molecule has 2 atom stereocenters. The van der Waals surface area contributed by atoms with Crippen molar-refractivity contribution in [3.63, 3.8) is 0 Å². The predicted octanol–water partition coefficient (Wildman–Crippen LogP) is 2.22. The molecular weight excluding hydrogens is 136 g/mol. The fourth-order valence-electron chi connectivity index (χ4n) is 2.03. The van der Waals surface area contributed by atoms with Gasteiger partial charge in [0.2, 0.25) is 0 Å². The topological polar surface area (TPSA) is 20.2 Å². The van der Waals surface area contributed by atoms with Crippen molar-refractivity contribution >= 4 is 0 Å². The van der Waals surface area contributed by atoms with Crippen LogP contribution in [-0.2, 0) is 0 Å². The number of aliphatic hydroxyl groups is 1. The summed E-state index contributed by atoms with van der Waals surface area (Å²) in [6.45, 7) is 8.57. The number of hydrogen-bond acceptors (Lipinski definition) is 1. The maximum atomic E-state index is 8.98. The van der Waals surface area contributed by atoms with E-state index in [-0.39, 0.29) is 0 Å². The molecule has 64 valence electrons. The first-order chi connectivity index (χ1) is 5.12. The van der Waals surface area contributed by atoms with Crippen LogP contribution in [0.2, 0.25) is 0 Å². The van der Waals surface area contributed by atoms with Gasteiger partial charge in [-0.15, -0.1) is 6.58 Å². The van der Waals surface area contributed by atoms with Crippen LogP contribution in [0.3, 0.4) is 0 Å². The van der Waals surface area contributed by atoms with E-state index in [1.165, 1.54) is 6.42 Å². The van der Waals surface area contributed by atoms with E-state index in [1.807, 2.05) is 6.08 Å². The molecule has 0 bridgehead atoms. The molecule has 1 nitrogen and oxygen atoms in total. The molecule has 0 radical (unpaired) electrons. The third kappa shape index (κ3) is 1.34. The third-order valence-electron chi connectivity index (χ3n) is 3.35. The van der Waals surface area contributed by atoms with Gasteiger partial charge in [0.05, 0.1) is 0 Å². The SMILES string of the molecule is C=CC[C@H]1C[C@@H](CO)C1(C)C. The Morgan fingerprint density at radius 2 is 2.18 bits per heavy atom. The zero-order valence-electron chi connectivity index (χ0n) is 7.51. The Balaban J connectivity index is 2.46. The first-order valence-electron chi connectivity index (χ1n) is 4.34. The molecule has 0 spiro atoms. The van der Waals surface area contributed by atoms with Gasteiger partial charge in [-0.3, -0.25) is 0 Å². The molecule has 1 aliphatic rings. The van der Waals surface area contributed by atoms with Crippen molar-refractivity contribution in [2.24, 2.45) is 17.3 Å². The van der Waals surface area contributed by atoms with Gasteiger partial charge in [0.15, 0.2) is 0 Å². The average Bonchev–Trinajstić information content (AvgIpc) is 1.97. The van der Waals surface area contributed by atoms with Crippen LogP contribution in [0.5, 0.6) is 0 Å². The minimum Gasteiger partial charge on any atom is -0.396 e. The van der Waals surface area contributed by atoms with E-state index in [1.54, 1.807) is 0 Å². The maximum Gasteiger partial charge on any atom is 0.0464 e. The van der Waals surface area contributed by atoms with Gasteiger partial charge in [-0.05, 0) is 30.1 Å². The van der Waals surface area contributed by atoms with Crippen molar-refractivity contribution < 1.29 is 5.11 Å². The van der Waals surface area contributed by atoms with E-state index in [2.05, 4.69) is 20.4 Å². The van der Waals surface area contributed by atoms with Crippen LogP contribution in [0.15, 0.2) is 12.7 Å². The molecule has 0 aliphatic heterocycles. The van der Waals surface area contributed by atoms with Gasteiger partial charge in [-0.1, -0.05) is 19.9 Å². The molecule has 1 rings (SSSR count). The number of rotatable bonds is 3. The molecule has 11 heavy (non-hydrogen) atoms. The molecule has 1 saturated carbocycles. The number of hydrogen-bond donors (Lipinski definition) is 1. The summed E-state index contributed by atoms with van der Waals surface area (Å²) in [5, 5.41) is 8.98. The molecule has 0 saturated heterocycles. The lowest BCUT2D eigenvalue weighted by atomic mass is 9.54. The molecule has 1 N–H and O–H groups in total. The molecule has 0 heterocycles. The van der Waals surface area contributed by atoms with Gasteiger partial charge >= 0.3 is 0 Å². The average molecular weight is 154 g/mol. The zero-order chi connectivity index (χ0) is 8.48. The minimum atomic E-state index is 0.336. The van der Waals surface area contributed by atoms with Crippen LogP contribution in [0.4, 0.5) is 0 Å². The smallest absolute Gasteiger partial charge is 0.0464 e. The van der Waals surface area contributed by atoms with E-state index in [0.717, 1.165) is 12.3 Å². The summed E-state index contributed by atoms with van der Waals surface area (Å²) >= 11 is 0. The van der Waals surface area contributed by atoms with E-state index in [9.17, 15) is 0 Å². The monoisotopic (exact) mass is 154 g/mol. The molecule has 1 fully saturated rings. The summed E-state index contributed by atoms with van der Waals surface area (Å²) in [6.07, 6.45) is 4.26. The zero-order valence-corrected chi connectivity index (χ0v) is 7.51. The van der Waals surface area contributed by atoms with Crippen LogP contribution in [-0.4, -0.2) is 11.7 Å². The Labute approximate surface area is 69.1 Å². The van der Waals surface area contributed by atoms with E-state index in [0.29, 0.717) is 17.9 Å². The highest BCUT2D eigenvalue weighted by molar-refractivity contribution is 4.98. The molecule has 0 aromatic carbocycles. The lowest BCUT2D eigenvalue weighted by Crippen LogP contribution is -2.46. The van der Waals surface area contributed by atoms with Crippen LogP contribution >= 0.6 is 0 Å². The van der Waals surface area contributed by atoms with Gasteiger partial charge in [-0.25, -0.2) is 0 Å². The second-order valence-corrected chi connectivity index (χ2v) is 4.16. The van der Waals surface area contributed by atoms with Gasteiger partial charge in [0.1, 0.15) is 0 Å². The van der Waals surface area contributed by atoms with Gasteiger partial charge in [0.25, 0.3) is 0 Å². The minimum absolute atomic E-state index is 0.336. The Hall–Kier alpha value is -0.300. The molecule has 0 unspecified atom stereocenters. The second-order valence-electron chi connectivity index (χ2n) is 4.16. The Morgan fingerprint density at radius 1 is 1.55 bits per heavy atom. The molecule has 0 aromatic rings. The fraction of sp³-hybridized carbons (Fsp3) is 0.800. The van der Waals surface area contributed by atoms with E-state index in [4.69, 9.17) is 5.11 Å². The first kappa shape index (κ1) is 8.79. The van der Waals surface area contributed by atoms with Crippen molar-refractivity contribution in [1.82, 2.24) is 0 Å². The van der Waals surface area contributed by atoms with E-state index >= 15 is 0 Å². The largest absolute Gasteiger partial charge is 0.396 e. The first-order valence-corrected chi connectivity index (χ1v) is 4.34. The second kappa shape index (κ2) is 2.98. The van der Waals surface area contributed by atoms with Crippen molar-refractivity contribution in [3.05, 3.63) is 12.7 Å². The molecule has 0 aromatic heterocycles. The van der Waals surface area contributed by atoms with Crippen LogP contribution in [0, 0.1) is 17.3 Å². The number of aliphatic hydroxyl groups excluding tert-OH is 1. The predicted molar refractivity (Wildman–Crippen MR) is 47.3 cm³/mol. The Morgan fingerprint density at radius 3 is 2.55 bits per heavy atom. The van der Waals surface area contributed by atoms with Crippen molar-refractivity contribution in [2.75, 3.05) is 6.61 Å². The van der Waals surface area contributed by atoms with Crippen LogP contribution in [0.1, 0.15) is 26.7 Å². The highest BCUT2D eigenvalue weighted by Gasteiger charge is 2.46. The van der Waals surface area contributed by atoms with Crippen LogP contribution in [0.25, 0.3) is 0 Å². The highest BCUT2D eigenvalue weighted by atomic mass is 16.3. The van der Waals surface area contributed by atoms with Crippen molar-refractivity contribution in [3.8, 4) is 0 Å². The van der Waals surface area contributed by atoms with Gasteiger partial charge in [-0.2, -0.15) is 0 Å². The summed E-state index contributed by atoms with van der Waals surface area (Å²) in [5.41, 5.74) is 0.336. The summed E-state index contributed by atoms with van der Waals surface area (Å²) in [6, 6.07) is 0. The summed E-state index contributed by atoms with van der Waals surface area (Å²) in [7, 11) is 0. The number of allylic oxidation sites excluding steroid dienone is 1. The molecule has 1 heteroatoms. The Kier molecular flexibility index (Phi) is 2.38. The van der Waals surface area contributed by atoms with Crippen molar-refractivity contribution in [2.45, 2.75) is 26.7 Å². The van der Waals surface area contributed by atoms with E-state index < -0.39 is 0 Å². The van der Waals surface area contributed by atoms with Gasteiger partial charge < -0.3 is 5.11 Å². The van der Waals surface area contributed by atoms with Crippen LogP contribution < -0.4 is 0 Å². The summed E-state index contributed by atoms with van der Waals surface area (Å²) < 4.78 is 0. The lowest BCUT2D eigenvalue weighted by molar-refractivity contribution is -0.0496. The standard InChI is InChI=1S/C10H18O/c1-4-5-8-6-9(7-11)10(8,2)3/h4,8-9,11H,1,5-7H2,2-3H3/t8-,9-/m0/s1. The molecule has 1 aliphatic carbocycles.